The molecule has 0 fully saturated rings. The van der Waals surface area contributed by atoms with E-state index in [2.05, 4.69) is 35.4 Å². The van der Waals surface area contributed by atoms with Gasteiger partial charge in [-0.3, -0.25) is 4.90 Å². The minimum absolute atomic E-state index is 0.375. The first kappa shape index (κ1) is 14.2. The molecule has 0 aromatic heterocycles. The number of nitrogens with zero attached hydrogens (tertiary/aromatic N) is 1. The van der Waals surface area contributed by atoms with Gasteiger partial charge in [-0.25, -0.2) is 4.79 Å². The van der Waals surface area contributed by atoms with Crippen molar-refractivity contribution in [1.29, 1.82) is 0 Å². The van der Waals surface area contributed by atoms with Gasteiger partial charge in [-0.2, -0.15) is 0 Å². The third-order valence-corrected chi connectivity index (χ3v) is 4.55. The van der Waals surface area contributed by atoms with E-state index in [1.165, 1.54) is 16.0 Å². The lowest BCUT2D eigenvalue weighted by molar-refractivity contribution is 0.0696. The molecule has 3 nitrogen and oxygen atoms in total. The van der Waals surface area contributed by atoms with Gasteiger partial charge in [-0.1, -0.05) is 18.2 Å². The van der Waals surface area contributed by atoms with Crippen LogP contribution in [0.3, 0.4) is 0 Å². The van der Waals surface area contributed by atoms with Crippen LogP contribution in [0.1, 0.15) is 27.0 Å². The molecule has 0 atom stereocenters. The maximum Gasteiger partial charge on any atom is 0.335 e. The number of hydrogen-bond acceptors (Lipinski definition) is 3. The van der Waals surface area contributed by atoms with Crippen LogP contribution in [0.2, 0.25) is 0 Å². The lowest BCUT2D eigenvalue weighted by Gasteiger charge is -2.14. The van der Waals surface area contributed by atoms with E-state index < -0.39 is 5.97 Å². The summed E-state index contributed by atoms with van der Waals surface area (Å²) in [4.78, 5) is 14.6. The zero-order chi connectivity index (χ0) is 14.8. The van der Waals surface area contributed by atoms with Crippen LogP contribution in [0.5, 0.6) is 0 Å². The lowest BCUT2D eigenvalue weighted by Crippen LogP contribution is -2.15. The fraction of sp³-hybridized carbons (Fsp3) is 0.235. The lowest BCUT2D eigenvalue weighted by atomic mass is 10.1. The molecule has 0 saturated carbocycles. The van der Waals surface area contributed by atoms with Gasteiger partial charge in [0.1, 0.15) is 0 Å². The molecule has 1 N–H and O–H groups in total. The molecule has 1 aliphatic heterocycles. The Labute approximate surface area is 128 Å². The van der Waals surface area contributed by atoms with Crippen LogP contribution < -0.4 is 0 Å². The van der Waals surface area contributed by atoms with Crippen LogP contribution in [-0.2, 0) is 19.6 Å². The highest BCUT2D eigenvalue weighted by atomic mass is 32.2. The number of carboxylic acid groups (broad SMARTS) is 1. The van der Waals surface area contributed by atoms with Crippen molar-refractivity contribution < 1.29 is 9.90 Å². The van der Waals surface area contributed by atoms with E-state index in [1.807, 2.05) is 6.07 Å². The monoisotopic (exact) mass is 299 g/mol. The molecule has 0 spiro atoms. The standard InChI is InChI=1S/C17H17NO2S/c1-21-16-6-2-12(3-7-16)9-18-10-14-5-4-13(17(19)20)8-15(14)11-18/h2-8H,9-11H2,1H3,(H,19,20). The van der Waals surface area contributed by atoms with Crippen LogP contribution in [0.15, 0.2) is 47.4 Å². The minimum atomic E-state index is -0.857. The Morgan fingerprint density at radius 1 is 1.14 bits per heavy atom. The number of carboxylic acids is 1. The molecule has 4 heteroatoms. The van der Waals surface area contributed by atoms with Gasteiger partial charge in [0.25, 0.3) is 0 Å². The number of rotatable bonds is 4. The van der Waals surface area contributed by atoms with Crippen LogP contribution >= 0.6 is 11.8 Å². The summed E-state index contributed by atoms with van der Waals surface area (Å²) in [5, 5.41) is 9.05. The second-order valence-electron chi connectivity index (χ2n) is 5.28. The third kappa shape index (κ3) is 3.12. The third-order valence-electron chi connectivity index (χ3n) is 3.81. The Bertz CT molecular complexity index is 667. The van der Waals surface area contributed by atoms with Crippen LogP contribution in [0, 0.1) is 0 Å². The van der Waals surface area contributed by atoms with Gasteiger partial charge in [-0.15, -0.1) is 11.8 Å². The first-order valence-corrected chi connectivity index (χ1v) is 8.08. The van der Waals surface area contributed by atoms with Gasteiger partial charge in [0.05, 0.1) is 5.56 Å². The molecule has 3 rings (SSSR count). The van der Waals surface area contributed by atoms with Crippen LogP contribution in [0.4, 0.5) is 0 Å². The molecule has 21 heavy (non-hydrogen) atoms. The Kier molecular flexibility index (Phi) is 3.99. The average Bonchev–Trinajstić information content (AvgIpc) is 2.89. The largest absolute Gasteiger partial charge is 0.478 e. The molecule has 0 bridgehead atoms. The van der Waals surface area contributed by atoms with Gasteiger partial charge in [-0.05, 0) is 47.2 Å². The molecule has 1 heterocycles. The van der Waals surface area contributed by atoms with Gasteiger partial charge in [0.15, 0.2) is 0 Å². The number of carbonyl (C=O) groups is 1. The summed E-state index contributed by atoms with van der Waals surface area (Å²) in [6.07, 6.45) is 2.08. The van der Waals surface area contributed by atoms with Gasteiger partial charge in [0.2, 0.25) is 0 Å². The van der Waals surface area contributed by atoms with Crippen molar-refractivity contribution in [2.75, 3.05) is 6.26 Å². The Hall–Kier alpha value is -1.78. The summed E-state index contributed by atoms with van der Waals surface area (Å²) in [5.74, 6) is -0.857. The topological polar surface area (TPSA) is 40.5 Å². The first-order valence-electron chi connectivity index (χ1n) is 6.86. The first-order chi connectivity index (χ1) is 10.2. The summed E-state index contributed by atoms with van der Waals surface area (Å²) in [6, 6.07) is 14.1. The van der Waals surface area contributed by atoms with Crippen molar-refractivity contribution in [2.45, 2.75) is 24.5 Å². The Morgan fingerprint density at radius 3 is 2.52 bits per heavy atom. The molecule has 0 saturated heterocycles. The highest BCUT2D eigenvalue weighted by Crippen LogP contribution is 2.26. The van der Waals surface area contributed by atoms with E-state index >= 15 is 0 Å². The second-order valence-corrected chi connectivity index (χ2v) is 6.16. The highest BCUT2D eigenvalue weighted by Gasteiger charge is 2.20. The number of aromatic carboxylic acids is 1. The molecular formula is C17H17NO2S. The predicted molar refractivity (Wildman–Crippen MR) is 84.6 cm³/mol. The molecule has 0 amide bonds. The Morgan fingerprint density at radius 2 is 1.86 bits per heavy atom. The normalized spacial score (nSPS) is 14.1. The van der Waals surface area contributed by atoms with Crippen molar-refractivity contribution in [3.8, 4) is 0 Å². The van der Waals surface area contributed by atoms with Crippen molar-refractivity contribution in [1.82, 2.24) is 4.90 Å². The molecule has 2 aromatic carbocycles. The van der Waals surface area contributed by atoms with Crippen molar-refractivity contribution >= 4 is 17.7 Å². The summed E-state index contributed by atoms with van der Waals surface area (Å²) in [6.45, 7) is 2.60. The quantitative estimate of drug-likeness (QED) is 0.875. The number of benzene rings is 2. The zero-order valence-corrected chi connectivity index (χ0v) is 12.7. The summed E-state index contributed by atoms with van der Waals surface area (Å²) in [5.41, 5.74) is 4.04. The van der Waals surface area contributed by atoms with Crippen molar-refractivity contribution in [2.24, 2.45) is 0 Å². The highest BCUT2D eigenvalue weighted by molar-refractivity contribution is 7.98. The van der Waals surface area contributed by atoms with E-state index in [-0.39, 0.29) is 0 Å². The predicted octanol–water partition coefficient (Wildman–Crippen LogP) is 3.62. The minimum Gasteiger partial charge on any atom is -0.478 e. The zero-order valence-electron chi connectivity index (χ0n) is 11.9. The fourth-order valence-corrected chi connectivity index (χ4v) is 3.11. The summed E-state index contributed by atoms with van der Waals surface area (Å²) in [7, 11) is 0. The van der Waals surface area contributed by atoms with E-state index in [0.29, 0.717) is 5.56 Å². The SMILES string of the molecule is CSc1ccc(CN2Cc3ccc(C(=O)O)cc3C2)cc1. The molecule has 108 valence electrons. The molecule has 0 unspecified atom stereocenters. The van der Waals surface area contributed by atoms with Crippen molar-refractivity contribution in [3.63, 3.8) is 0 Å². The van der Waals surface area contributed by atoms with Gasteiger partial charge < -0.3 is 5.11 Å². The number of thioether (sulfide) groups is 1. The fourth-order valence-electron chi connectivity index (χ4n) is 2.70. The summed E-state index contributed by atoms with van der Waals surface area (Å²) >= 11 is 1.75. The van der Waals surface area contributed by atoms with E-state index in [1.54, 1.807) is 23.9 Å². The molecule has 0 radical (unpaired) electrons. The maximum absolute atomic E-state index is 11.0. The number of fused-ring (bicyclic) bond motifs is 1. The van der Waals surface area contributed by atoms with Crippen LogP contribution in [0.25, 0.3) is 0 Å². The molecule has 1 aliphatic rings. The summed E-state index contributed by atoms with van der Waals surface area (Å²) < 4.78 is 0. The maximum atomic E-state index is 11.0. The van der Waals surface area contributed by atoms with Crippen LogP contribution in [-0.4, -0.2) is 22.2 Å². The second kappa shape index (κ2) is 5.92. The molecule has 2 aromatic rings. The average molecular weight is 299 g/mol. The Balaban J connectivity index is 1.70. The smallest absolute Gasteiger partial charge is 0.335 e. The van der Waals surface area contributed by atoms with Gasteiger partial charge in [0, 0.05) is 24.5 Å². The van der Waals surface area contributed by atoms with E-state index in [4.69, 9.17) is 5.11 Å². The molecule has 0 aliphatic carbocycles. The van der Waals surface area contributed by atoms with E-state index in [9.17, 15) is 4.79 Å². The number of hydrogen-bond donors (Lipinski definition) is 1. The van der Waals surface area contributed by atoms with E-state index in [0.717, 1.165) is 25.2 Å². The van der Waals surface area contributed by atoms with Gasteiger partial charge >= 0.3 is 5.97 Å². The van der Waals surface area contributed by atoms with Crippen molar-refractivity contribution in [3.05, 3.63) is 64.7 Å². The molecular weight excluding hydrogens is 282 g/mol.